The van der Waals surface area contributed by atoms with Gasteiger partial charge in [0.05, 0.1) is 33.1 Å². The standard InChI is InChI=1S/C99H74N6Si2/c1-99(2,77-27-43-85(44-28-77)106(87-47-31-79(32-48-87)100-65-59-71-15-3-9-21-93(71)100,88-49-33-80(34-50-88)101-66-60-72-16-4-10-22-94(72)101)89-51-35-81(36-52-89)102-67-61-73-17-5-11-23-95(73)102)78-29-45-86(46-30-78)107(90-53-37-82(38-54-90)103-68-62-74-18-6-12-24-96(74)103,91-55-39-83(40-56-91)104-69-63-75-19-7-13-25-97(75)104)92-57-41-84(42-58-92)105-70-64-76-20-8-14-26-98(76)105/h3-70H,1-2H3. The first-order valence-corrected chi connectivity index (χ1v) is 41.0. The van der Waals surface area contributed by atoms with Crippen molar-refractivity contribution < 1.29 is 0 Å². The molecule has 6 aromatic heterocycles. The summed E-state index contributed by atoms with van der Waals surface area (Å²) in [6.45, 7) is 4.81. The second kappa shape index (κ2) is 25.6. The summed E-state index contributed by atoms with van der Waals surface area (Å²) >= 11 is 0. The fraction of sp³-hybridized carbons (Fsp3) is 0.0303. The van der Waals surface area contributed by atoms with Crippen molar-refractivity contribution in [2.75, 3.05) is 0 Å². The molecule has 20 rings (SSSR count). The largest absolute Gasteiger partial charge is 0.317 e. The molecule has 0 spiro atoms. The van der Waals surface area contributed by atoms with Crippen LogP contribution in [0.1, 0.15) is 25.0 Å². The van der Waals surface area contributed by atoms with Crippen LogP contribution in [0, 0.1) is 0 Å². The number of aromatic nitrogens is 6. The Hall–Kier alpha value is -13.2. The lowest BCUT2D eigenvalue weighted by atomic mass is 9.78. The molecule has 107 heavy (non-hydrogen) atoms. The van der Waals surface area contributed by atoms with Gasteiger partial charge in [-0.2, -0.15) is 0 Å². The number of nitrogens with zero attached hydrogens (tertiary/aromatic N) is 6. The lowest BCUT2D eigenvalue weighted by Gasteiger charge is -2.36. The van der Waals surface area contributed by atoms with Crippen molar-refractivity contribution in [3.8, 4) is 34.1 Å². The summed E-state index contributed by atoms with van der Waals surface area (Å²) in [4.78, 5) is 0. The van der Waals surface area contributed by atoms with Gasteiger partial charge in [-0.1, -0.05) is 244 Å². The lowest BCUT2D eigenvalue weighted by Crippen LogP contribution is -2.74. The van der Waals surface area contributed by atoms with Crippen LogP contribution in [-0.2, 0) is 5.41 Å². The minimum atomic E-state index is -3.19. The molecule has 14 aromatic carbocycles. The zero-order chi connectivity index (χ0) is 71.2. The van der Waals surface area contributed by atoms with Crippen LogP contribution in [0.4, 0.5) is 0 Å². The van der Waals surface area contributed by atoms with Crippen LogP contribution < -0.4 is 41.5 Å². The molecule has 0 aliphatic rings. The molecule has 0 atom stereocenters. The van der Waals surface area contributed by atoms with Crippen LogP contribution in [0.2, 0.25) is 0 Å². The third-order valence-electron chi connectivity index (χ3n) is 23.1. The van der Waals surface area contributed by atoms with Gasteiger partial charge >= 0.3 is 0 Å². The monoisotopic (exact) mass is 1400 g/mol. The topological polar surface area (TPSA) is 29.6 Å². The Balaban J connectivity index is 0.734. The zero-order valence-corrected chi connectivity index (χ0v) is 61.4. The molecule has 6 nitrogen and oxygen atoms in total. The summed E-state index contributed by atoms with van der Waals surface area (Å²) in [5, 5.41) is 17.8. The van der Waals surface area contributed by atoms with Gasteiger partial charge in [-0.25, -0.2) is 0 Å². The van der Waals surface area contributed by atoms with Gasteiger partial charge in [-0.05, 0) is 231 Å². The highest BCUT2D eigenvalue weighted by molar-refractivity contribution is 7.20. The minimum absolute atomic E-state index is 0.404. The van der Waals surface area contributed by atoms with Gasteiger partial charge in [0.15, 0.2) is 16.1 Å². The van der Waals surface area contributed by atoms with Gasteiger partial charge in [-0.3, -0.25) is 0 Å². The van der Waals surface area contributed by atoms with E-state index in [-0.39, 0.29) is 0 Å². The summed E-state index contributed by atoms with van der Waals surface area (Å²) in [5.41, 5.74) is 16.0. The van der Waals surface area contributed by atoms with Crippen LogP contribution in [0.3, 0.4) is 0 Å². The average Bonchev–Trinajstić information content (AvgIpc) is 1.49. The molecule has 0 amide bonds. The van der Waals surface area contributed by atoms with Gasteiger partial charge in [0.25, 0.3) is 0 Å². The normalized spacial score (nSPS) is 12.2. The van der Waals surface area contributed by atoms with Crippen LogP contribution in [0.15, 0.2) is 413 Å². The van der Waals surface area contributed by atoms with E-state index in [0.29, 0.717) is 0 Å². The Labute approximate surface area is 624 Å². The maximum atomic E-state index is 2.48. The van der Waals surface area contributed by atoms with E-state index >= 15 is 0 Å². The third kappa shape index (κ3) is 10.4. The van der Waals surface area contributed by atoms with Crippen molar-refractivity contribution in [1.82, 2.24) is 27.4 Å². The maximum Gasteiger partial charge on any atom is 0.179 e. The first kappa shape index (κ1) is 63.4. The fourth-order valence-corrected chi connectivity index (χ4v) is 26.9. The number of hydrogen-bond acceptors (Lipinski definition) is 0. The smallest absolute Gasteiger partial charge is 0.179 e. The van der Waals surface area contributed by atoms with Crippen molar-refractivity contribution in [2.45, 2.75) is 19.3 Å². The van der Waals surface area contributed by atoms with Gasteiger partial charge in [0.2, 0.25) is 0 Å². The molecule has 0 saturated carbocycles. The van der Waals surface area contributed by atoms with E-state index in [1.165, 1.54) is 118 Å². The van der Waals surface area contributed by atoms with Crippen molar-refractivity contribution >= 4 is 123 Å². The van der Waals surface area contributed by atoms with E-state index in [2.05, 4.69) is 455 Å². The van der Waals surface area contributed by atoms with Gasteiger partial charge in [0, 0.05) is 76.7 Å². The molecular formula is C99H74N6Si2. The number of hydrogen-bond donors (Lipinski definition) is 0. The molecule has 6 heterocycles. The molecule has 0 aliphatic carbocycles. The predicted molar refractivity (Wildman–Crippen MR) is 453 cm³/mol. The molecule has 0 saturated heterocycles. The number of para-hydroxylation sites is 6. The summed E-state index contributed by atoms with van der Waals surface area (Å²) in [7, 11) is -6.39. The predicted octanol–water partition coefficient (Wildman–Crippen LogP) is 18.4. The highest BCUT2D eigenvalue weighted by Gasteiger charge is 2.44. The Morgan fingerprint density at radius 2 is 0.318 bits per heavy atom. The first-order chi connectivity index (χ1) is 52.7. The second-order valence-electron chi connectivity index (χ2n) is 29.0. The first-order valence-electron chi connectivity index (χ1n) is 37.0. The van der Waals surface area contributed by atoms with Crippen molar-refractivity contribution in [3.63, 3.8) is 0 Å². The Morgan fingerprint density at radius 1 is 0.168 bits per heavy atom. The number of benzene rings is 14. The Kier molecular flexibility index (Phi) is 15.2. The minimum Gasteiger partial charge on any atom is -0.317 e. The quantitative estimate of drug-likeness (QED) is 0.0682. The van der Waals surface area contributed by atoms with E-state index in [1.54, 1.807) is 0 Å². The Bertz CT molecular complexity index is 5700. The molecule has 508 valence electrons. The molecular weight excluding hydrogens is 1330 g/mol. The van der Waals surface area contributed by atoms with Crippen LogP contribution in [0.25, 0.3) is 99.5 Å². The maximum absolute atomic E-state index is 3.19. The number of rotatable bonds is 16. The molecule has 0 unspecified atom stereocenters. The SMILES string of the molecule is CC(C)(c1ccc([Si](c2ccc(-n3ccc4ccccc43)cc2)(c2ccc(-n3ccc4ccccc43)cc2)c2ccc(-n3ccc4ccccc43)cc2)cc1)c1ccc([Si](c2ccc(-n3ccc4ccccc43)cc2)(c2ccc(-n3ccc4ccccc43)cc2)c2ccc(-n3ccc4ccccc43)cc2)cc1. The highest BCUT2D eigenvalue weighted by Crippen LogP contribution is 2.34. The highest BCUT2D eigenvalue weighted by atomic mass is 28.3. The van der Waals surface area contributed by atoms with Crippen molar-refractivity contribution in [3.05, 3.63) is 424 Å². The van der Waals surface area contributed by atoms with E-state index in [9.17, 15) is 0 Å². The van der Waals surface area contributed by atoms with Gasteiger partial charge < -0.3 is 27.4 Å². The van der Waals surface area contributed by atoms with Crippen molar-refractivity contribution in [1.29, 1.82) is 0 Å². The fourth-order valence-electron chi connectivity index (χ4n) is 17.5. The van der Waals surface area contributed by atoms with Crippen LogP contribution in [0.5, 0.6) is 0 Å². The summed E-state index contributed by atoms with van der Waals surface area (Å²) in [6, 6.07) is 142. The van der Waals surface area contributed by atoms with Gasteiger partial charge in [-0.15, -0.1) is 0 Å². The van der Waals surface area contributed by atoms with E-state index < -0.39 is 21.6 Å². The number of fused-ring (bicyclic) bond motifs is 6. The van der Waals surface area contributed by atoms with Gasteiger partial charge in [0.1, 0.15) is 0 Å². The molecule has 0 radical (unpaired) electrons. The molecule has 0 fully saturated rings. The molecule has 0 aliphatic heterocycles. The third-order valence-corrected chi connectivity index (χ3v) is 32.7. The summed E-state index contributed by atoms with van der Waals surface area (Å²) in [5.74, 6) is 0. The van der Waals surface area contributed by atoms with Crippen LogP contribution >= 0.6 is 0 Å². The average molecular weight is 1400 g/mol. The lowest BCUT2D eigenvalue weighted by molar-refractivity contribution is 0.641. The second-order valence-corrected chi connectivity index (χ2v) is 36.6. The summed E-state index contributed by atoms with van der Waals surface area (Å²) in [6.07, 6.45) is 13.2. The summed E-state index contributed by atoms with van der Waals surface area (Å²) < 4.78 is 13.9. The molecule has 0 bridgehead atoms. The van der Waals surface area contributed by atoms with E-state index in [4.69, 9.17) is 0 Å². The van der Waals surface area contributed by atoms with E-state index in [0.717, 1.165) is 34.1 Å². The molecule has 0 N–H and O–H groups in total. The van der Waals surface area contributed by atoms with Crippen molar-refractivity contribution in [2.24, 2.45) is 0 Å². The molecule has 20 aromatic rings. The zero-order valence-electron chi connectivity index (χ0n) is 59.4. The van der Waals surface area contributed by atoms with Crippen LogP contribution in [-0.4, -0.2) is 43.6 Å². The van der Waals surface area contributed by atoms with E-state index in [1.807, 2.05) is 0 Å². The molecule has 8 heteroatoms. The Morgan fingerprint density at radius 3 is 0.486 bits per heavy atom.